The number of hydrogen-bond acceptors (Lipinski definition) is 6. The average Bonchev–Trinajstić information content (AvgIpc) is 3.20. The molecule has 7 nitrogen and oxygen atoms in total. The number of aromatic nitrogens is 1. The molecular weight excluding hydrogens is 304 g/mol. The van der Waals surface area contributed by atoms with Gasteiger partial charge in [-0.05, 0) is 25.5 Å². The lowest BCUT2D eigenvalue weighted by atomic mass is 10.2. The molecule has 2 amide bonds. The molecule has 1 atom stereocenters. The van der Waals surface area contributed by atoms with Crippen LogP contribution in [0.5, 0.6) is 0 Å². The number of nitrogens with zero attached hydrogens (tertiary/aromatic N) is 1. The van der Waals surface area contributed by atoms with Gasteiger partial charge >= 0.3 is 5.91 Å². The van der Waals surface area contributed by atoms with Crippen LogP contribution in [0.1, 0.15) is 41.1 Å². The second-order valence-electron chi connectivity index (χ2n) is 4.60. The van der Waals surface area contributed by atoms with E-state index in [0.29, 0.717) is 0 Å². The fourth-order valence-corrected chi connectivity index (χ4v) is 2.52. The van der Waals surface area contributed by atoms with Crippen molar-refractivity contribution in [1.29, 1.82) is 0 Å². The molecule has 8 heteroatoms. The van der Waals surface area contributed by atoms with Gasteiger partial charge in [0.1, 0.15) is 0 Å². The fourth-order valence-electron chi connectivity index (χ4n) is 1.68. The van der Waals surface area contributed by atoms with Crippen LogP contribution in [0.4, 0.5) is 0 Å². The second kappa shape index (κ2) is 7.71. The number of furan rings is 1. The number of hydrazine groups is 1. The summed E-state index contributed by atoms with van der Waals surface area (Å²) in [6.07, 6.45) is 2.29. The number of carbonyl (C=O) groups is 2. The zero-order valence-corrected chi connectivity index (χ0v) is 13.2. The number of thiazole rings is 1. The van der Waals surface area contributed by atoms with Crippen LogP contribution in [-0.2, 0) is 11.2 Å². The van der Waals surface area contributed by atoms with Gasteiger partial charge in [-0.15, -0.1) is 11.3 Å². The average molecular weight is 322 g/mol. The Morgan fingerprint density at radius 3 is 2.86 bits per heavy atom. The third kappa shape index (κ3) is 4.40. The molecule has 0 fully saturated rings. The topological polar surface area (TPSA) is 96.3 Å². The van der Waals surface area contributed by atoms with Gasteiger partial charge in [0.05, 0.1) is 23.5 Å². The maximum absolute atomic E-state index is 11.7. The van der Waals surface area contributed by atoms with Crippen molar-refractivity contribution in [2.75, 3.05) is 6.54 Å². The first-order valence-corrected chi connectivity index (χ1v) is 7.78. The Labute approximate surface area is 132 Å². The molecule has 2 heterocycles. The Balaban J connectivity index is 1.72. The van der Waals surface area contributed by atoms with Crippen molar-refractivity contribution in [1.82, 2.24) is 21.2 Å². The van der Waals surface area contributed by atoms with E-state index in [2.05, 4.69) is 28.1 Å². The normalized spacial score (nSPS) is 11.9. The third-order valence-electron chi connectivity index (χ3n) is 2.94. The van der Waals surface area contributed by atoms with E-state index in [1.807, 2.05) is 12.3 Å². The van der Waals surface area contributed by atoms with Crippen LogP contribution in [0.2, 0.25) is 0 Å². The van der Waals surface area contributed by atoms with E-state index < -0.39 is 5.91 Å². The van der Waals surface area contributed by atoms with Crippen LogP contribution >= 0.6 is 11.3 Å². The summed E-state index contributed by atoms with van der Waals surface area (Å²) in [6.45, 7) is 4.05. The lowest BCUT2D eigenvalue weighted by Crippen LogP contribution is -2.45. The van der Waals surface area contributed by atoms with Gasteiger partial charge in [-0.1, -0.05) is 6.92 Å². The van der Waals surface area contributed by atoms with E-state index in [9.17, 15) is 9.59 Å². The summed E-state index contributed by atoms with van der Waals surface area (Å²) >= 11 is 1.61. The van der Waals surface area contributed by atoms with Crippen molar-refractivity contribution >= 4 is 23.2 Å². The lowest BCUT2D eigenvalue weighted by molar-refractivity contribution is -0.121. The summed E-state index contributed by atoms with van der Waals surface area (Å²) in [6, 6.07) is 3.07. The number of rotatable bonds is 6. The summed E-state index contributed by atoms with van der Waals surface area (Å²) in [5.74, 6) is -0.715. The first-order chi connectivity index (χ1) is 10.6. The minimum Gasteiger partial charge on any atom is -0.459 e. The van der Waals surface area contributed by atoms with Gasteiger partial charge in [0.15, 0.2) is 5.76 Å². The summed E-state index contributed by atoms with van der Waals surface area (Å²) in [4.78, 5) is 27.7. The van der Waals surface area contributed by atoms with E-state index >= 15 is 0 Å². The van der Waals surface area contributed by atoms with Gasteiger partial charge in [0, 0.05) is 11.4 Å². The molecule has 2 aromatic heterocycles. The monoisotopic (exact) mass is 322 g/mol. The molecule has 0 aliphatic heterocycles. The summed E-state index contributed by atoms with van der Waals surface area (Å²) < 4.78 is 4.91. The molecule has 0 aliphatic rings. The van der Waals surface area contributed by atoms with E-state index in [1.54, 1.807) is 17.4 Å². The third-order valence-corrected chi connectivity index (χ3v) is 3.96. The van der Waals surface area contributed by atoms with Crippen molar-refractivity contribution in [2.45, 2.75) is 26.3 Å². The SMILES string of the molecule is CCc1nc([C@@H](C)NCC(=O)NNC(=O)c2ccco2)cs1. The van der Waals surface area contributed by atoms with Gasteiger partial charge in [-0.2, -0.15) is 0 Å². The van der Waals surface area contributed by atoms with Crippen molar-refractivity contribution in [2.24, 2.45) is 0 Å². The number of hydrogen-bond donors (Lipinski definition) is 3. The van der Waals surface area contributed by atoms with Crippen molar-refractivity contribution in [3.8, 4) is 0 Å². The molecule has 0 aliphatic carbocycles. The Morgan fingerprint density at radius 2 is 2.23 bits per heavy atom. The van der Waals surface area contributed by atoms with Crippen LogP contribution in [0.3, 0.4) is 0 Å². The minimum atomic E-state index is -0.501. The molecule has 0 unspecified atom stereocenters. The largest absolute Gasteiger partial charge is 0.459 e. The standard InChI is InChI=1S/C14H18N4O3S/c1-3-13-16-10(8-22-13)9(2)15-7-12(19)17-18-14(20)11-5-4-6-21-11/h4-6,8-9,15H,3,7H2,1-2H3,(H,17,19)(H,18,20)/t9-/m1/s1. The summed E-state index contributed by atoms with van der Waals surface area (Å²) in [7, 11) is 0. The predicted octanol–water partition coefficient (Wildman–Crippen LogP) is 1.41. The molecular formula is C14H18N4O3S. The molecule has 0 saturated carbocycles. The van der Waals surface area contributed by atoms with Crippen LogP contribution in [0.15, 0.2) is 28.2 Å². The zero-order valence-electron chi connectivity index (χ0n) is 12.4. The first-order valence-electron chi connectivity index (χ1n) is 6.90. The Hall–Kier alpha value is -2.19. The first kappa shape index (κ1) is 16.2. The molecule has 0 bridgehead atoms. The van der Waals surface area contributed by atoms with E-state index in [1.165, 1.54) is 12.3 Å². The number of aryl methyl sites for hydroxylation is 1. The molecule has 0 radical (unpaired) electrons. The lowest BCUT2D eigenvalue weighted by Gasteiger charge is -2.11. The van der Waals surface area contributed by atoms with Crippen LogP contribution in [-0.4, -0.2) is 23.3 Å². The predicted molar refractivity (Wildman–Crippen MR) is 82.2 cm³/mol. The maximum atomic E-state index is 11.7. The molecule has 0 aromatic carbocycles. The second-order valence-corrected chi connectivity index (χ2v) is 5.54. The Bertz CT molecular complexity index is 624. The van der Waals surface area contributed by atoms with Crippen molar-refractivity contribution in [3.05, 3.63) is 40.2 Å². The van der Waals surface area contributed by atoms with Gasteiger partial charge in [-0.25, -0.2) is 4.98 Å². The van der Waals surface area contributed by atoms with E-state index in [0.717, 1.165) is 17.1 Å². The van der Waals surface area contributed by atoms with Gasteiger partial charge < -0.3 is 9.73 Å². The Kier molecular flexibility index (Phi) is 5.68. The molecule has 2 aromatic rings. The van der Waals surface area contributed by atoms with Gasteiger partial charge in [0.25, 0.3) is 5.91 Å². The number of carbonyl (C=O) groups excluding carboxylic acids is 2. The van der Waals surface area contributed by atoms with E-state index in [-0.39, 0.29) is 24.3 Å². The van der Waals surface area contributed by atoms with Crippen molar-refractivity contribution in [3.63, 3.8) is 0 Å². The Morgan fingerprint density at radius 1 is 1.41 bits per heavy atom. The maximum Gasteiger partial charge on any atom is 0.305 e. The molecule has 118 valence electrons. The highest BCUT2D eigenvalue weighted by atomic mass is 32.1. The molecule has 22 heavy (non-hydrogen) atoms. The zero-order chi connectivity index (χ0) is 15.9. The minimum absolute atomic E-state index is 0.0388. The molecule has 3 N–H and O–H groups in total. The van der Waals surface area contributed by atoms with Crippen LogP contribution in [0, 0.1) is 0 Å². The molecule has 0 spiro atoms. The van der Waals surface area contributed by atoms with E-state index in [4.69, 9.17) is 4.42 Å². The van der Waals surface area contributed by atoms with Crippen molar-refractivity contribution < 1.29 is 14.0 Å². The number of nitrogens with one attached hydrogen (secondary N) is 3. The van der Waals surface area contributed by atoms with Crippen LogP contribution < -0.4 is 16.2 Å². The molecule has 2 rings (SSSR count). The number of amides is 2. The highest BCUT2D eigenvalue weighted by molar-refractivity contribution is 7.09. The quantitative estimate of drug-likeness (QED) is 0.699. The smallest absolute Gasteiger partial charge is 0.305 e. The fraction of sp³-hybridized carbons (Fsp3) is 0.357. The van der Waals surface area contributed by atoms with Gasteiger partial charge in [-0.3, -0.25) is 20.4 Å². The van der Waals surface area contributed by atoms with Gasteiger partial charge in [0.2, 0.25) is 0 Å². The van der Waals surface area contributed by atoms with Crippen LogP contribution in [0.25, 0.3) is 0 Å². The highest BCUT2D eigenvalue weighted by Crippen LogP contribution is 2.16. The summed E-state index contributed by atoms with van der Waals surface area (Å²) in [5.41, 5.74) is 5.50. The highest BCUT2D eigenvalue weighted by Gasteiger charge is 2.12. The summed E-state index contributed by atoms with van der Waals surface area (Å²) in [5, 5.41) is 6.10. The molecule has 0 saturated heterocycles.